The summed E-state index contributed by atoms with van der Waals surface area (Å²) < 4.78 is 1.76. The number of carbonyl (C=O) groups excluding carboxylic acids is 2. The molecule has 3 N–H and O–H groups in total. The van der Waals surface area contributed by atoms with E-state index in [1.807, 2.05) is 44.2 Å². The van der Waals surface area contributed by atoms with Crippen molar-refractivity contribution in [2.45, 2.75) is 25.5 Å². The van der Waals surface area contributed by atoms with Crippen molar-refractivity contribution in [1.29, 1.82) is 0 Å². The summed E-state index contributed by atoms with van der Waals surface area (Å²) in [4.78, 5) is 31.9. The van der Waals surface area contributed by atoms with Gasteiger partial charge in [0.25, 0.3) is 5.91 Å². The molecular weight excluding hydrogens is 376 g/mol. The average Bonchev–Trinajstić information content (AvgIpc) is 2.96. The lowest BCUT2D eigenvalue weighted by Gasteiger charge is -2.02. The van der Waals surface area contributed by atoms with Crippen LogP contribution in [0.4, 0.5) is 0 Å². The number of fused-ring (bicyclic) bond motifs is 1. The smallest absolute Gasteiger partial charge is 0.250 e. The molecule has 0 aliphatic rings. The Hall–Kier alpha value is -3.20. The van der Waals surface area contributed by atoms with Crippen molar-refractivity contribution in [1.82, 2.24) is 20.0 Å². The van der Waals surface area contributed by atoms with Crippen LogP contribution in [0.25, 0.3) is 10.9 Å². The molecule has 0 spiro atoms. The number of aryl methyl sites for hydroxylation is 2. The molecular formula is C19H20N6O2S. The number of hydrogen-bond acceptors (Lipinski definition) is 6. The van der Waals surface area contributed by atoms with Gasteiger partial charge in [0, 0.05) is 34.1 Å². The van der Waals surface area contributed by atoms with Crippen LogP contribution in [-0.2, 0) is 16.1 Å². The van der Waals surface area contributed by atoms with E-state index in [1.165, 1.54) is 11.8 Å². The van der Waals surface area contributed by atoms with Crippen molar-refractivity contribution in [2.24, 2.45) is 10.8 Å². The Balaban J connectivity index is 1.64. The third-order valence-corrected chi connectivity index (χ3v) is 4.68. The first-order valence-electron chi connectivity index (χ1n) is 8.55. The van der Waals surface area contributed by atoms with Gasteiger partial charge in [-0.1, -0.05) is 30.0 Å². The Labute approximate surface area is 166 Å². The largest absolute Gasteiger partial charge is 0.368 e. The zero-order chi connectivity index (χ0) is 20.1. The number of nitrogens with two attached hydrogens (primary N) is 1. The van der Waals surface area contributed by atoms with Crippen LogP contribution in [0.5, 0.6) is 0 Å². The molecule has 0 aliphatic carbocycles. The number of nitrogens with zero attached hydrogens (tertiary/aromatic N) is 4. The number of aromatic nitrogens is 3. The van der Waals surface area contributed by atoms with Gasteiger partial charge in [0.2, 0.25) is 5.91 Å². The molecule has 2 aromatic heterocycles. The molecule has 3 aromatic rings. The Morgan fingerprint density at radius 1 is 1.25 bits per heavy atom. The maximum absolute atomic E-state index is 12.0. The minimum atomic E-state index is -0.428. The number of para-hydroxylation sites is 1. The molecule has 0 bridgehead atoms. The summed E-state index contributed by atoms with van der Waals surface area (Å²) in [5, 5.41) is 5.50. The Bertz CT molecular complexity index is 1040. The predicted octanol–water partition coefficient (Wildman–Crippen LogP) is 1.78. The first-order valence-corrected chi connectivity index (χ1v) is 9.54. The molecule has 9 heteroatoms. The average molecular weight is 396 g/mol. The Kier molecular flexibility index (Phi) is 6.05. The van der Waals surface area contributed by atoms with E-state index >= 15 is 0 Å². The molecule has 2 amide bonds. The second kappa shape index (κ2) is 8.66. The summed E-state index contributed by atoms with van der Waals surface area (Å²) in [5.41, 5.74) is 11.2. The quantitative estimate of drug-likeness (QED) is 0.273. The number of amides is 2. The fraction of sp³-hybridized carbons (Fsp3) is 0.211. The van der Waals surface area contributed by atoms with Gasteiger partial charge < -0.3 is 10.3 Å². The summed E-state index contributed by atoms with van der Waals surface area (Å²) in [6, 6.07) is 9.48. The standard InChI is InChI=1S/C19H20N6O2S/c1-12-7-13(2)23-19(22-12)28-11-18(27)24-21-8-14-9-25(10-17(20)26)16-6-4-3-5-15(14)16/h3-9H,10-11H2,1-2H3,(H2,20,26)(H,24,27)/b21-8-. The van der Waals surface area contributed by atoms with Gasteiger partial charge in [0.1, 0.15) is 6.54 Å². The number of thioether (sulfide) groups is 1. The van der Waals surface area contributed by atoms with Gasteiger partial charge in [-0.25, -0.2) is 15.4 Å². The van der Waals surface area contributed by atoms with Crippen molar-refractivity contribution in [3.05, 3.63) is 53.5 Å². The van der Waals surface area contributed by atoms with E-state index in [4.69, 9.17) is 5.73 Å². The zero-order valence-corrected chi connectivity index (χ0v) is 16.4. The molecule has 0 radical (unpaired) electrons. The van der Waals surface area contributed by atoms with Crippen molar-refractivity contribution >= 4 is 40.7 Å². The minimum Gasteiger partial charge on any atom is -0.368 e. The first kappa shape index (κ1) is 19.6. The lowest BCUT2D eigenvalue weighted by molar-refractivity contribution is -0.119. The van der Waals surface area contributed by atoms with Gasteiger partial charge in [0.15, 0.2) is 5.16 Å². The van der Waals surface area contributed by atoms with Crippen LogP contribution in [-0.4, -0.2) is 38.3 Å². The van der Waals surface area contributed by atoms with Gasteiger partial charge in [0.05, 0.1) is 12.0 Å². The monoisotopic (exact) mass is 396 g/mol. The third-order valence-electron chi connectivity index (χ3n) is 3.83. The lowest BCUT2D eigenvalue weighted by Crippen LogP contribution is -2.20. The summed E-state index contributed by atoms with van der Waals surface area (Å²) in [7, 11) is 0. The van der Waals surface area contributed by atoms with E-state index in [0.29, 0.717) is 5.16 Å². The molecule has 0 aliphatic heterocycles. The number of hydrazone groups is 1. The van der Waals surface area contributed by atoms with Crippen molar-refractivity contribution in [2.75, 3.05) is 5.75 Å². The number of hydrogen-bond donors (Lipinski definition) is 2. The van der Waals surface area contributed by atoms with Crippen molar-refractivity contribution < 1.29 is 9.59 Å². The topological polar surface area (TPSA) is 115 Å². The number of primary amides is 1. The fourth-order valence-corrected chi connectivity index (χ4v) is 3.51. The SMILES string of the molecule is Cc1cc(C)nc(SCC(=O)N/N=C\c2cn(CC(N)=O)c3ccccc23)n1. The number of nitrogens with one attached hydrogen (secondary N) is 1. The molecule has 0 unspecified atom stereocenters. The van der Waals surface area contributed by atoms with Gasteiger partial charge in [-0.05, 0) is 26.0 Å². The summed E-state index contributed by atoms with van der Waals surface area (Å²) in [6.45, 7) is 3.85. The van der Waals surface area contributed by atoms with Crippen molar-refractivity contribution in [3.63, 3.8) is 0 Å². The molecule has 0 saturated carbocycles. The predicted molar refractivity (Wildman–Crippen MR) is 109 cm³/mol. The number of benzene rings is 1. The van der Waals surface area contributed by atoms with Crippen LogP contribution in [0.2, 0.25) is 0 Å². The highest BCUT2D eigenvalue weighted by Crippen LogP contribution is 2.20. The third kappa shape index (κ3) is 4.95. The van der Waals surface area contributed by atoms with E-state index in [9.17, 15) is 9.59 Å². The van der Waals surface area contributed by atoms with Crippen LogP contribution >= 0.6 is 11.8 Å². The highest BCUT2D eigenvalue weighted by Gasteiger charge is 2.09. The Morgan fingerprint density at radius 2 is 1.96 bits per heavy atom. The maximum Gasteiger partial charge on any atom is 0.250 e. The second-order valence-corrected chi connectivity index (χ2v) is 7.15. The zero-order valence-electron chi connectivity index (χ0n) is 15.5. The van der Waals surface area contributed by atoms with E-state index in [-0.39, 0.29) is 18.2 Å². The van der Waals surface area contributed by atoms with Gasteiger partial charge in [-0.2, -0.15) is 5.10 Å². The van der Waals surface area contributed by atoms with E-state index in [1.54, 1.807) is 17.0 Å². The van der Waals surface area contributed by atoms with Crippen LogP contribution in [0.3, 0.4) is 0 Å². The van der Waals surface area contributed by atoms with E-state index in [0.717, 1.165) is 27.9 Å². The molecule has 3 rings (SSSR count). The fourth-order valence-electron chi connectivity index (χ4n) is 2.77. The molecule has 0 atom stereocenters. The number of carbonyl (C=O) groups is 2. The summed E-state index contributed by atoms with van der Waals surface area (Å²) in [6.07, 6.45) is 3.33. The van der Waals surface area contributed by atoms with Crippen LogP contribution in [0, 0.1) is 13.8 Å². The molecule has 0 fully saturated rings. The van der Waals surface area contributed by atoms with E-state index < -0.39 is 5.91 Å². The first-order chi connectivity index (χ1) is 13.4. The Morgan fingerprint density at radius 3 is 2.68 bits per heavy atom. The van der Waals surface area contributed by atoms with Gasteiger partial charge in [-0.3, -0.25) is 9.59 Å². The highest BCUT2D eigenvalue weighted by atomic mass is 32.2. The lowest BCUT2D eigenvalue weighted by atomic mass is 10.2. The van der Waals surface area contributed by atoms with Crippen molar-refractivity contribution in [3.8, 4) is 0 Å². The molecule has 2 heterocycles. The normalized spacial score (nSPS) is 11.2. The second-order valence-electron chi connectivity index (χ2n) is 6.21. The maximum atomic E-state index is 12.0. The molecule has 0 saturated heterocycles. The molecule has 1 aromatic carbocycles. The molecule has 8 nitrogen and oxygen atoms in total. The van der Waals surface area contributed by atoms with E-state index in [2.05, 4.69) is 20.5 Å². The summed E-state index contributed by atoms with van der Waals surface area (Å²) in [5.74, 6) is -0.531. The van der Waals surface area contributed by atoms with Crippen LogP contribution in [0.1, 0.15) is 17.0 Å². The number of rotatable bonds is 7. The molecule has 28 heavy (non-hydrogen) atoms. The summed E-state index contributed by atoms with van der Waals surface area (Å²) >= 11 is 1.25. The van der Waals surface area contributed by atoms with Crippen LogP contribution in [0.15, 0.2) is 46.8 Å². The minimum absolute atomic E-state index is 0.0766. The molecule has 144 valence electrons. The van der Waals surface area contributed by atoms with Crippen LogP contribution < -0.4 is 11.2 Å². The van der Waals surface area contributed by atoms with Gasteiger partial charge in [-0.15, -0.1) is 0 Å². The highest BCUT2D eigenvalue weighted by molar-refractivity contribution is 7.99. The van der Waals surface area contributed by atoms with Gasteiger partial charge >= 0.3 is 0 Å².